The Hall–Kier alpha value is -2.75. The van der Waals surface area contributed by atoms with Crippen molar-refractivity contribution < 1.29 is 22.7 Å². The van der Waals surface area contributed by atoms with Gasteiger partial charge in [0.2, 0.25) is 0 Å². The highest BCUT2D eigenvalue weighted by Crippen LogP contribution is 2.36. The summed E-state index contributed by atoms with van der Waals surface area (Å²) in [6.45, 7) is 0.973. The molecule has 32 heavy (non-hydrogen) atoms. The van der Waals surface area contributed by atoms with Gasteiger partial charge in [-0.15, -0.1) is 11.3 Å². The lowest BCUT2D eigenvalue weighted by Gasteiger charge is -2.07. The molecule has 0 bridgehead atoms. The maximum Gasteiger partial charge on any atom is 0.307 e. The largest absolute Gasteiger partial charge is 0.456 e. The van der Waals surface area contributed by atoms with Gasteiger partial charge < -0.3 is 14.6 Å². The van der Waals surface area contributed by atoms with Gasteiger partial charge in [-0.25, -0.2) is 18.1 Å². The van der Waals surface area contributed by atoms with E-state index in [0.29, 0.717) is 16.4 Å². The van der Waals surface area contributed by atoms with Crippen LogP contribution in [0.25, 0.3) is 0 Å². The average molecular weight is 480 g/mol. The van der Waals surface area contributed by atoms with E-state index in [4.69, 9.17) is 4.74 Å². The summed E-state index contributed by atoms with van der Waals surface area (Å²) in [4.78, 5) is 29.2. The molecule has 2 aromatic rings. The third-order valence-electron chi connectivity index (χ3n) is 5.13. The summed E-state index contributed by atoms with van der Waals surface area (Å²) in [5.41, 5.74) is 1.50. The lowest BCUT2D eigenvalue weighted by molar-refractivity contribution is -0.147. The van der Waals surface area contributed by atoms with Crippen LogP contribution in [0, 0.1) is 18.3 Å². The van der Waals surface area contributed by atoms with E-state index >= 15 is 0 Å². The topological polar surface area (TPSA) is 143 Å². The van der Waals surface area contributed by atoms with E-state index in [0.717, 1.165) is 42.5 Å². The van der Waals surface area contributed by atoms with Crippen molar-refractivity contribution in [3.63, 3.8) is 0 Å². The average Bonchev–Trinajstić information content (AvgIpc) is 3.15. The van der Waals surface area contributed by atoms with Crippen LogP contribution in [-0.4, -0.2) is 43.0 Å². The third kappa shape index (κ3) is 5.73. The zero-order valence-corrected chi connectivity index (χ0v) is 19.6. The van der Waals surface area contributed by atoms with Crippen molar-refractivity contribution in [2.24, 2.45) is 7.05 Å². The first-order chi connectivity index (χ1) is 15.2. The molecule has 1 amide bonds. The number of ether oxygens (including phenoxy) is 1. The fraction of sp³-hybridized carbons (Fsp3) is 0.500. The number of esters is 1. The number of aryl methyl sites for hydroxylation is 3. The molecule has 1 aliphatic carbocycles. The molecule has 0 aliphatic heterocycles. The molecule has 10 nitrogen and oxygen atoms in total. The number of hydrogen-bond donors (Lipinski definition) is 2. The van der Waals surface area contributed by atoms with Crippen molar-refractivity contribution in [3.05, 3.63) is 28.0 Å². The molecular weight excluding hydrogens is 454 g/mol. The van der Waals surface area contributed by atoms with Crippen molar-refractivity contribution in [2.45, 2.75) is 50.5 Å². The van der Waals surface area contributed by atoms with Crippen LogP contribution in [0.5, 0.6) is 0 Å². The number of anilines is 1. The van der Waals surface area contributed by atoms with E-state index in [1.807, 2.05) is 0 Å². The monoisotopic (exact) mass is 479 g/mol. The molecule has 0 spiro atoms. The second-order valence-corrected chi connectivity index (χ2v) is 10.3. The summed E-state index contributed by atoms with van der Waals surface area (Å²) in [5, 5.41) is 12.5. The Kier molecular flexibility index (Phi) is 7.65. The summed E-state index contributed by atoms with van der Waals surface area (Å²) >= 11 is 1.40. The Morgan fingerprint density at radius 2 is 2.06 bits per heavy atom. The highest BCUT2D eigenvalue weighted by molar-refractivity contribution is 7.89. The number of carbonyl (C=O) groups excluding carboxylic acids is 2. The summed E-state index contributed by atoms with van der Waals surface area (Å²) in [6, 6.07) is 2.18. The molecule has 0 radical (unpaired) electrons. The van der Waals surface area contributed by atoms with Gasteiger partial charge in [0.25, 0.3) is 15.9 Å². The van der Waals surface area contributed by atoms with E-state index in [1.54, 1.807) is 18.5 Å². The van der Waals surface area contributed by atoms with Gasteiger partial charge in [-0.1, -0.05) is 6.42 Å². The van der Waals surface area contributed by atoms with Crippen molar-refractivity contribution in [3.8, 4) is 6.07 Å². The molecule has 0 fully saturated rings. The molecule has 2 heterocycles. The summed E-state index contributed by atoms with van der Waals surface area (Å²) in [6.07, 6.45) is 6.07. The third-order valence-corrected chi connectivity index (χ3v) is 7.67. The van der Waals surface area contributed by atoms with Gasteiger partial charge in [0.15, 0.2) is 11.6 Å². The van der Waals surface area contributed by atoms with Crippen LogP contribution in [0.15, 0.2) is 11.2 Å². The lowest BCUT2D eigenvalue weighted by Crippen LogP contribution is -2.28. The number of rotatable bonds is 8. The first-order valence-electron chi connectivity index (χ1n) is 10.2. The molecule has 172 valence electrons. The predicted octanol–water partition coefficient (Wildman–Crippen LogP) is 1.78. The fourth-order valence-corrected chi connectivity index (χ4v) is 5.67. The molecule has 3 rings (SSSR count). The van der Waals surface area contributed by atoms with Crippen LogP contribution in [0.2, 0.25) is 0 Å². The molecule has 0 unspecified atom stereocenters. The van der Waals surface area contributed by atoms with Gasteiger partial charge in [-0.2, -0.15) is 5.26 Å². The number of carbonyl (C=O) groups is 2. The molecule has 1 aliphatic rings. The Morgan fingerprint density at radius 1 is 1.31 bits per heavy atom. The van der Waals surface area contributed by atoms with Gasteiger partial charge in [0.05, 0.1) is 12.0 Å². The fourth-order valence-electron chi connectivity index (χ4n) is 3.35. The molecule has 0 saturated heterocycles. The Balaban J connectivity index is 1.46. The zero-order valence-electron chi connectivity index (χ0n) is 17.9. The number of thiophene rings is 1. The lowest BCUT2D eigenvalue weighted by atomic mass is 10.1. The highest BCUT2D eigenvalue weighted by atomic mass is 32.2. The van der Waals surface area contributed by atoms with E-state index in [2.05, 4.69) is 21.1 Å². The number of sulfonamides is 1. The Labute approximate surface area is 190 Å². The van der Waals surface area contributed by atoms with Gasteiger partial charge >= 0.3 is 5.97 Å². The summed E-state index contributed by atoms with van der Waals surface area (Å²) < 4.78 is 33.2. The second-order valence-electron chi connectivity index (χ2n) is 7.47. The highest BCUT2D eigenvalue weighted by Gasteiger charge is 2.22. The minimum Gasteiger partial charge on any atom is -0.456 e. The van der Waals surface area contributed by atoms with Gasteiger partial charge in [0, 0.05) is 24.7 Å². The van der Waals surface area contributed by atoms with E-state index < -0.39 is 28.5 Å². The standard InChI is InChI=1S/C20H25N5O5S2/c1-13-23-18(11-25(13)2)32(28,29)22-9-8-19(27)30-12-17(26)24-20-15(10-21)14-6-4-3-5-7-16(14)31-20/h11,22H,3-9,12H2,1-2H3,(H,24,26). The molecule has 12 heteroatoms. The number of nitrogens with zero attached hydrogens (tertiary/aromatic N) is 3. The number of amides is 1. The van der Waals surface area contributed by atoms with Crippen LogP contribution in [0.1, 0.15) is 47.5 Å². The first-order valence-corrected chi connectivity index (χ1v) is 12.5. The number of fused-ring (bicyclic) bond motifs is 1. The molecule has 0 atom stereocenters. The number of nitriles is 1. The van der Waals surface area contributed by atoms with Crippen LogP contribution in [-0.2, 0) is 44.2 Å². The first kappa shape index (κ1) is 23.9. The zero-order chi connectivity index (χ0) is 23.3. The van der Waals surface area contributed by atoms with Crippen molar-refractivity contribution in [1.82, 2.24) is 14.3 Å². The summed E-state index contributed by atoms with van der Waals surface area (Å²) in [5.74, 6) is -0.726. The molecule has 0 aromatic carbocycles. The number of nitrogens with one attached hydrogen (secondary N) is 2. The van der Waals surface area contributed by atoms with Gasteiger partial charge in [-0.3, -0.25) is 9.59 Å². The normalized spacial score (nSPS) is 13.7. The van der Waals surface area contributed by atoms with Crippen LogP contribution < -0.4 is 10.0 Å². The number of imidazole rings is 1. The maximum atomic E-state index is 12.2. The van der Waals surface area contributed by atoms with Crippen molar-refractivity contribution in [1.29, 1.82) is 5.26 Å². The molecule has 0 saturated carbocycles. The van der Waals surface area contributed by atoms with Gasteiger partial charge in [-0.05, 0) is 38.2 Å². The minimum atomic E-state index is -3.84. The summed E-state index contributed by atoms with van der Waals surface area (Å²) in [7, 11) is -2.16. The molecule has 2 N–H and O–H groups in total. The van der Waals surface area contributed by atoms with Crippen LogP contribution in [0.3, 0.4) is 0 Å². The second kappa shape index (κ2) is 10.2. The predicted molar refractivity (Wildman–Crippen MR) is 118 cm³/mol. The molecular formula is C20H25N5O5S2. The van der Waals surface area contributed by atoms with Crippen molar-refractivity contribution in [2.75, 3.05) is 18.5 Å². The van der Waals surface area contributed by atoms with Crippen molar-refractivity contribution >= 4 is 38.2 Å². The van der Waals surface area contributed by atoms with E-state index in [9.17, 15) is 23.3 Å². The Bertz CT molecular complexity index is 1140. The minimum absolute atomic E-state index is 0.132. The Morgan fingerprint density at radius 3 is 2.75 bits per heavy atom. The smallest absolute Gasteiger partial charge is 0.307 e. The maximum absolute atomic E-state index is 12.2. The SMILES string of the molecule is Cc1nc(S(=O)(=O)NCCC(=O)OCC(=O)Nc2sc3c(c2C#N)CCCCC3)cn1C. The quantitative estimate of drug-likeness (QED) is 0.434. The molecule has 2 aromatic heterocycles. The number of hydrogen-bond acceptors (Lipinski definition) is 8. The van der Waals surface area contributed by atoms with Crippen LogP contribution in [0.4, 0.5) is 5.00 Å². The van der Waals surface area contributed by atoms with Crippen LogP contribution >= 0.6 is 11.3 Å². The van der Waals surface area contributed by atoms with E-state index in [-0.39, 0.29) is 18.0 Å². The van der Waals surface area contributed by atoms with Gasteiger partial charge in [0.1, 0.15) is 16.9 Å². The number of aromatic nitrogens is 2. The van der Waals surface area contributed by atoms with E-state index in [1.165, 1.54) is 17.5 Å².